The lowest BCUT2D eigenvalue weighted by Gasteiger charge is -2.20. The van der Waals surface area contributed by atoms with Crippen molar-refractivity contribution in [2.45, 2.75) is 56.9 Å². The largest absolute Gasteiger partial charge is 0.477 e. The quantitative estimate of drug-likeness (QED) is 0.517. The van der Waals surface area contributed by atoms with E-state index in [2.05, 4.69) is 30.1 Å². The highest BCUT2D eigenvalue weighted by Crippen LogP contribution is 2.40. The first kappa shape index (κ1) is 22.0. The Labute approximate surface area is 181 Å². The molecule has 0 saturated heterocycles. The average molecular weight is 434 g/mol. The van der Waals surface area contributed by atoms with Gasteiger partial charge in [0.2, 0.25) is 0 Å². The second kappa shape index (κ2) is 10.4. The molecule has 1 aliphatic carbocycles. The Morgan fingerprint density at radius 1 is 1.34 bits per heavy atom. The van der Waals surface area contributed by atoms with Crippen molar-refractivity contribution in [1.29, 1.82) is 0 Å². The molecule has 3 rings (SSSR count). The van der Waals surface area contributed by atoms with Gasteiger partial charge in [0.05, 0.1) is 6.10 Å². The summed E-state index contributed by atoms with van der Waals surface area (Å²) in [6, 6.07) is 7.65. The maximum atomic E-state index is 11.0. The van der Waals surface area contributed by atoms with Gasteiger partial charge in [0, 0.05) is 28.1 Å². The number of aromatic nitrogens is 1. The number of hydrogen-bond donors (Lipinski definition) is 2. The first-order valence-corrected chi connectivity index (χ1v) is 11.5. The van der Waals surface area contributed by atoms with Crippen LogP contribution in [0.4, 0.5) is 0 Å². The van der Waals surface area contributed by atoms with E-state index in [-0.39, 0.29) is 17.2 Å². The fourth-order valence-electron chi connectivity index (χ4n) is 4.09. The summed E-state index contributed by atoms with van der Waals surface area (Å²) in [6.07, 6.45) is 10.9. The van der Waals surface area contributed by atoms with Gasteiger partial charge >= 0.3 is 5.97 Å². The van der Waals surface area contributed by atoms with Crippen molar-refractivity contribution in [3.05, 3.63) is 57.6 Å². The molecule has 0 aromatic carbocycles. The number of rotatable bonds is 9. The zero-order valence-electron chi connectivity index (χ0n) is 16.6. The first-order chi connectivity index (χ1) is 14.0. The minimum Gasteiger partial charge on any atom is -0.477 e. The lowest BCUT2D eigenvalue weighted by atomic mass is 9.89. The third-order valence-corrected chi connectivity index (χ3v) is 7.20. The van der Waals surface area contributed by atoms with E-state index in [9.17, 15) is 9.90 Å². The Morgan fingerprint density at radius 3 is 2.90 bits per heavy atom. The van der Waals surface area contributed by atoms with Gasteiger partial charge in [0.25, 0.3) is 0 Å². The topological polar surface area (TPSA) is 70.4 Å². The molecule has 4 atom stereocenters. The lowest BCUT2D eigenvalue weighted by Crippen LogP contribution is -2.18. The maximum absolute atomic E-state index is 11.0. The molecule has 1 aliphatic rings. The molecule has 0 aliphatic heterocycles. The number of carboxylic acids is 1. The minimum atomic E-state index is -0.871. The van der Waals surface area contributed by atoms with E-state index in [1.54, 1.807) is 6.07 Å². The molecule has 0 unspecified atom stereocenters. The monoisotopic (exact) mass is 433 g/mol. The van der Waals surface area contributed by atoms with Gasteiger partial charge in [-0.25, -0.2) is 4.79 Å². The molecule has 2 N–H and O–H groups in total. The number of alkyl halides is 1. The maximum Gasteiger partial charge on any atom is 0.345 e. The van der Waals surface area contributed by atoms with Gasteiger partial charge in [-0.3, -0.25) is 4.98 Å². The minimum absolute atomic E-state index is 0.0364. The third kappa shape index (κ3) is 5.91. The number of hydrogen-bond acceptors (Lipinski definition) is 4. The summed E-state index contributed by atoms with van der Waals surface area (Å²) >= 11 is 7.90. The van der Waals surface area contributed by atoms with Gasteiger partial charge in [-0.2, -0.15) is 0 Å². The first-order valence-electron chi connectivity index (χ1n) is 10.2. The molecule has 2 aromatic rings. The summed E-state index contributed by atoms with van der Waals surface area (Å²) in [5.74, 6) is -0.610. The van der Waals surface area contributed by atoms with E-state index >= 15 is 0 Å². The van der Waals surface area contributed by atoms with Crippen molar-refractivity contribution in [3.8, 4) is 0 Å². The number of aliphatic hydroxyl groups is 1. The molecule has 0 amide bonds. The van der Waals surface area contributed by atoms with Crippen molar-refractivity contribution in [3.63, 3.8) is 0 Å². The molecule has 4 nitrogen and oxygen atoms in total. The second-order valence-electron chi connectivity index (χ2n) is 7.71. The highest BCUT2D eigenvalue weighted by atomic mass is 35.5. The van der Waals surface area contributed by atoms with Gasteiger partial charge < -0.3 is 10.2 Å². The fraction of sp³-hybridized carbons (Fsp3) is 0.478. The van der Waals surface area contributed by atoms with Crippen LogP contribution >= 0.6 is 22.9 Å². The van der Waals surface area contributed by atoms with Crippen molar-refractivity contribution in [1.82, 2.24) is 4.98 Å². The molecule has 6 heteroatoms. The molecular weight excluding hydrogens is 406 g/mol. The van der Waals surface area contributed by atoms with E-state index in [1.807, 2.05) is 18.3 Å². The average Bonchev–Trinajstić information content (AvgIpc) is 3.26. The van der Waals surface area contributed by atoms with Crippen LogP contribution < -0.4 is 0 Å². The molecule has 1 saturated carbocycles. The van der Waals surface area contributed by atoms with Crippen LogP contribution in [0.25, 0.3) is 6.08 Å². The highest BCUT2D eigenvalue weighted by molar-refractivity contribution is 7.13. The number of aryl methyl sites for hydroxylation is 2. The summed E-state index contributed by atoms with van der Waals surface area (Å²) in [5, 5.41) is 19.5. The fourth-order valence-corrected chi connectivity index (χ4v) is 5.45. The molecule has 0 radical (unpaired) electrons. The van der Waals surface area contributed by atoms with E-state index in [1.165, 1.54) is 11.3 Å². The second-order valence-corrected chi connectivity index (χ2v) is 9.44. The molecular formula is C23H28ClNO3S. The van der Waals surface area contributed by atoms with Crippen molar-refractivity contribution in [2.24, 2.45) is 11.8 Å². The zero-order chi connectivity index (χ0) is 20.8. The Kier molecular flexibility index (Phi) is 7.87. The number of nitrogens with zero attached hydrogens (tertiary/aromatic N) is 1. The van der Waals surface area contributed by atoms with Crippen LogP contribution in [0.3, 0.4) is 0 Å². The van der Waals surface area contributed by atoms with E-state index in [0.717, 1.165) is 48.2 Å². The highest BCUT2D eigenvalue weighted by Gasteiger charge is 2.39. The van der Waals surface area contributed by atoms with Crippen LogP contribution in [-0.4, -0.2) is 32.6 Å². The summed E-state index contributed by atoms with van der Waals surface area (Å²) in [4.78, 5) is 16.9. The standard InChI is InChI=1S/C23H28ClNO3S/c1-2-4-16-13-15(11-12-25-16)7-9-19-18(20(24)14-21(19)26)6-3-5-17-8-10-22(29-17)23(27)28/h7-13,18-21,26H,2-6,14H2,1H3,(H,27,28)/t18-,19-,20-,21-/m1/s1. The third-order valence-electron chi connectivity index (χ3n) is 5.56. The zero-order valence-corrected chi connectivity index (χ0v) is 18.2. The lowest BCUT2D eigenvalue weighted by molar-refractivity contribution is 0.0702. The van der Waals surface area contributed by atoms with Crippen LogP contribution in [0.15, 0.2) is 36.5 Å². The SMILES string of the molecule is CCCc1cc(C=C[C@@H]2[C@@H](CCCc3ccc(C(=O)O)s3)[C@H](Cl)C[C@H]2O)ccn1. The Morgan fingerprint density at radius 2 is 2.17 bits per heavy atom. The van der Waals surface area contributed by atoms with Crippen LogP contribution in [0.5, 0.6) is 0 Å². The summed E-state index contributed by atoms with van der Waals surface area (Å²) < 4.78 is 0. The molecule has 1 fully saturated rings. The van der Waals surface area contributed by atoms with E-state index < -0.39 is 12.1 Å². The van der Waals surface area contributed by atoms with Crippen LogP contribution in [-0.2, 0) is 12.8 Å². The Balaban J connectivity index is 1.60. The number of aliphatic hydroxyl groups excluding tert-OH is 1. The Hall–Kier alpha value is -1.69. The predicted octanol–water partition coefficient (Wildman–Crippen LogP) is 5.43. The number of thiophene rings is 1. The van der Waals surface area contributed by atoms with Gasteiger partial charge in [-0.1, -0.05) is 25.5 Å². The number of carbonyl (C=O) groups is 1. The number of halogens is 1. The number of carboxylic acid groups (broad SMARTS) is 1. The smallest absolute Gasteiger partial charge is 0.345 e. The van der Waals surface area contributed by atoms with Gasteiger partial charge in [-0.15, -0.1) is 22.9 Å². The molecule has 2 heterocycles. The summed E-state index contributed by atoms with van der Waals surface area (Å²) in [7, 11) is 0. The van der Waals surface area contributed by atoms with Gasteiger partial charge in [-0.05, 0) is 67.9 Å². The summed E-state index contributed by atoms with van der Waals surface area (Å²) in [6.45, 7) is 2.14. The van der Waals surface area contributed by atoms with Crippen molar-refractivity contribution < 1.29 is 15.0 Å². The van der Waals surface area contributed by atoms with Crippen molar-refractivity contribution in [2.75, 3.05) is 0 Å². The normalized spacial score (nSPS) is 24.4. The molecule has 0 spiro atoms. The molecule has 0 bridgehead atoms. The van der Waals surface area contributed by atoms with Crippen molar-refractivity contribution >= 4 is 35.0 Å². The molecule has 156 valence electrons. The number of pyridine rings is 1. The summed E-state index contributed by atoms with van der Waals surface area (Å²) in [5.41, 5.74) is 2.19. The Bertz CT molecular complexity index is 850. The number of aromatic carboxylic acids is 1. The van der Waals surface area contributed by atoms with Gasteiger partial charge in [0.15, 0.2) is 0 Å². The molecule has 2 aromatic heterocycles. The van der Waals surface area contributed by atoms with E-state index in [0.29, 0.717) is 11.3 Å². The van der Waals surface area contributed by atoms with Gasteiger partial charge in [0.1, 0.15) is 4.88 Å². The van der Waals surface area contributed by atoms with Crippen LogP contribution in [0.1, 0.15) is 58.4 Å². The molecule has 29 heavy (non-hydrogen) atoms. The van der Waals surface area contributed by atoms with E-state index in [4.69, 9.17) is 16.7 Å². The predicted molar refractivity (Wildman–Crippen MR) is 119 cm³/mol. The van der Waals surface area contributed by atoms with Crippen LogP contribution in [0, 0.1) is 11.8 Å². The van der Waals surface area contributed by atoms with Crippen LogP contribution in [0.2, 0.25) is 0 Å².